The van der Waals surface area contributed by atoms with Crippen LogP contribution in [0, 0.1) is 6.92 Å². The molecule has 0 saturated carbocycles. The van der Waals surface area contributed by atoms with Crippen LogP contribution in [-0.4, -0.2) is 52.3 Å². The number of piperazine rings is 1. The van der Waals surface area contributed by atoms with Crippen molar-refractivity contribution in [2.75, 3.05) is 19.6 Å². The molecule has 2 amide bonds. The fourth-order valence-electron chi connectivity index (χ4n) is 2.98. The van der Waals surface area contributed by atoms with Crippen molar-refractivity contribution in [3.05, 3.63) is 28.5 Å². The number of carbonyl (C=O) groups excluding carboxylic acids is 2. The zero-order chi connectivity index (χ0) is 14.3. The highest BCUT2D eigenvalue weighted by atomic mass is 35.5. The Bertz CT molecular complexity index is 555. The topological polar surface area (TPSA) is 53.5 Å². The van der Waals surface area contributed by atoms with Crippen LogP contribution in [0.4, 0.5) is 0 Å². The zero-order valence-corrected chi connectivity index (χ0v) is 12.1. The molecule has 3 rings (SSSR count). The molecule has 1 aromatic heterocycles. The van der Waals surface area contributed by atoms with E-state index < -0.39 is 0 Å². The molecule has 0 spiro atoms. The summed E-state index contributed by atoms with van der Waals surface area (Å²) in [4.78, 5) is 31.9. The largest absolute Gasteiger partial charge is 0.336 e. The van der Waals surface area contributed by atoms with Crippen molar-refractivity contribution in [2.45, 2.75) is 25.8 Å². The van der Waals surface area contributed by atoms with Gasteiger partial charge in [0.25, 0.3) is 5.91 Å². The lowest BCUT2D eigenvalue weighted by Crippen LogP contribution is -2.53. The fourth-order valence-corrected chi connectivity index (χ4v) is 3.23. The lowest BCUT2D eigenvalue weighted by molar-refractivity contribution is -0.130. The predicted octanol–water partition coefficient (Wildman–Crippen LogP) is 1.49. The van der Waals surface area contributed by atoms with E-state index in [4.69, 9.17) is 11.6 Å². The summed E-state index contributed by atoms with van der Waals surface area (Å²) >= 11 is 5.91. The molecule has 2 aliphatic heterocycles. The average Bonchev–Trinajstić information content (AvgIpc) is 2.78. The average molecular weight is 294 g/mol. The van der Waals surface area contributed by atoms with Gasteiger partial charge in [-0.05, 0) is 25.5 Å². The molecule has 0 aliphatic carbocycles. The van der Waals surface area contributed by atoms with Crippen molar-refractivity contribution in [3.8, 4) is 0 Å². The van der Waals surface area contributed by atoms with Crippen LogP contribution < -0.4 is 0 Å². The Morgan fingerprint density at radius 3 is 2.95 bits per heavy atom. The van der Waals surface area contributed by atoms with Crippen molar-refractivity contribution in [1.82, 2.24) is 14.8 Å². The molecule has 1 atom stereocenters. The Morgan fingerprint density at radius 2 is 2.20 bits per heavy atom. The van der Waals surface area contributed by atoms with Gasteiger partial charge in [-0.25, -0.2) is 4.98 Å². The smallest absolute Gasteiger partial charge is 0.254 e. The Labute approximate surface area is 122 Å². The minimum absolute atomic E-state index is 0.0311. The maximum absolute atomic E-state index is 12.5. The summed E-state index contributed by atoms with van der Waals surface area (Å²) in [5, 5.41) is 0.336. The molecule has 2 fully saturated rings. The van der Waals surface area contributed by atoms with Crippen LogP contribution in [-0.2, 0) is 4.79 Å². The summed E-state index contributed by atoms with van der Waals surface area (Å²) in [7, 11) is 0. The van der Waals surface area contributed by atoms with Crippen LogP contribution in [0.15, 0.2) is 12.1 Å². The molecular formula is C14H16ClN3O2. The van der Waals surface area contributed by atoms with Crippen LogP contribution >= 0.6 is 11.6 Å². The SMILES string of the molecule is Cc1cc(C(=O)N2CCN3C(=O)CCC3C2)cc(Cl)n1. The highest BCUT2D eigenvalue weighted by molar-refractivity contribution is 6.29. The third-order valence-corrected chi connectivity index (χ3v) is 4.14. The Balaban J connectivity index is 1.76. The lowest BCUT2D eigenvalue weighted by Gasteiger charge is -2.37. The van der Waals surface area contributed by atoms with Gasteiger partial charge in [0.15, 0.2) is 0 Å². The minimum Gasteiger partial charge on any atom is -0.336 e. The van der Waals surface area contributed by atoms with E-state index >= 15 is 0 Å². The second-order valence-corrected chi connectivity index (χ2v) is 5.74. The summed E-state index contributed by atoms with van der Waals surface area (Å²) < 4.78 is 0. The standard InChI is InChI=1S/C14H16ClN3O2/c1-9-6-10(7-12(15)16-9)14(20)17-4-5-18-11(8-17)2-3-13(18)19/h6-7,11H,2-5,8H2,1H3. The number of nitrogens with zero attached hydrogens (tertiary/aromatic N) is 3. The highest BCUT2D eigenvalue weighted by Crippen LogP contribution is 2.24. The third-order valence-electron chi connectivity index (χ3n) is 3.95. The number of aromatic nitrogens is 1. The molecule has 1 unspecified atom stereocenters. The van der Waals surface area contributed by atoms with Crippen molar-refractivity contribution in [3.63, 3.8) is 0 Å². The number of hydrogen-bond donors (Lipinski definition) is 0. The van der Waals surface area contributed by atoms with E-state index in [1.54, 1.807) is 12.1 Å². The van der Waals surface area contributed by atoms with Crippen molar-refractivity contribution in [1.29, 1.82) is 0 Å². The molecular weight excluding hydrogens is 278 g/mol. The highest BCUT2D eigenvalue weighted by Gasteiger charge is 2.37. The van der Waals surface area contributed by atoms with Gasteiger partial charge in [-0.2, -0.15) is 0 Å². The van der Waals surface area contributed by atoms with Gasteiger partial charge in [0.05, 0.1) is 0 Å². The normalized spacial score (nSPS) is 22.1. The minimum atomic E-state index is -0.0311. The second kappa shape index (κ2) is 5.05. The molecule has 106 valence electrons. The van der Waals surface area contributed by atoms with E-state index in [1.807, 2.05) is 16.7 Å². The molecule has 3 heterocycles. The lowest BCUT2D eigenvalue weighted by atomic mass is 10.1. The molecule has 0 N–H and O–H groups in total. The molecule has 1 aromatic rings. The number of halogens is 1. The first-order chi connectivity index (χ1) is 9.54. The maximum atomic E-state index is 12.5. The Kier molecular flexibility index (Phi) is 3.38. The summed E-state index contributed by atoms with van der Waals surface area (Å²) in [6, 6.07) is 3.53. The first kappa shape index (κ1) is 13.4. The molecule has 0 bridgehead atoms. The number of rotatable bonds is 1. The molecule has 0 radical (unpaired) electrons. The Hall–Kier alpha value is -1.62. The van der Waals surface area contributed by atoms with Crippen LogP contribution in [0.3, 0.4) is 0 Å². The molecule has 2 aliphatic rings. The fraction of sp³-hybridized carbons (Fsp3) is 0.500. The number of aryl methyl sites for hydroxylation is 1. The monoisotopic (exact) mass is 293 g/mol. The van der Waals surface area contributed by atoms with Crippen LogP contribution in [0.5, 0.6) is 0 Å². The van der Waals surface area contributed by atoms with Crippen molar-refractivity contribution >= 4 is 23.4 Å². The molecule has 6 heteroatoms. The first-order valence-electron chi connectivity index (χ1n) is 6.77. The van der Waals surface area contributed by atoms with E-state index in [0.29, 0.717) is 36.8 Å². The van der Waals surface area contributed by atoms with E-state index in [0.717, 1.165) is 12.1 Å². The van der Waals surface area contributed by atoms with Crippen LogP contribution in [0.25, 0.3) is 0 Å². The van der Waals surface area contributed by atoms with Gasteiger partial charge >= 0.3 is 0 Å². The number of pyridine rings is 1. The van der Waals surface area contributed by atoms with Crippen molar-refractivity contribution < 1.29 is 9.59 Å². The van der Waals surface area contributed by atoms with Gasteiger partial charge in [-0.3, -0.25) is 9.59 Å². The van der Waals surface area contributed by atoms with Gasteiger partial charge in [-0.15, -0.1) is 0 Å². The van der Waals surface area contributed by atoms with Gasteiger partial charge in [0.2, 0.25) is 5.91 Å². The number of hydrogen-bond acceptors (Lipinski definition) is 3. The van der Waals surface area contributed by atoms with E-state index in [1.165, 1.54) is 0 Å². The summed E-state index contributed by atoms with van der Waals surface area (Å²) in [5.74, 6) is 0.182. The summed E-state index contributed by atoms with van der Waals surface area (Å²) in [5.41, 5.74) is 1.30. The maximum Gasteiger partial charge on any atom is 0.254 e. The van der Waals surface area contributed by atoms with E-state index in [-0.39, 0.29) is 17.9 Å². The quantitative estimate of drug-likeness (QED) is 0.737. The third kappa shape index (κ3) is 2.38. The number of fused-ring (bicyclic) bond motifs is 1. The van der Waals surface area contributed by atoms with Crippen molar-refractivity contribution in [2.24, 2.45) is 0 Å². The zero-order valence-electron chi connectivity index (χ0n) is 11.3. The predicted molar refractivity (Wildman–Crippen MR) is 74.6 cm³/mol. The molecule has 2 saturated heterocycles. The first-order valence-corrected chi connectivity index (χ1v) is 7.15. The molecule has 20 heavy (non-hydrogen) atoms. The van der Waals surface area contributed by atoms with Gasteiger partial charge in [0, 0.05) is 43.4 Å². The van der Waals surface area contributed by atoms with Crippen LogP contribution in [0.1, 0.15) is 28.9 Å². The molecule has 5 nitrogen and oxygen atoms in total. The van der Waals surface area contributed by atoms with Gasteiger partial charge in [0.1, 0.15) is 5.15 Å². The van der Waals surface area contributed by atoms with Gasteiger partial charge < -0.3 is 9.80 Å². The summed E-state index contributed by atoms with van der Waals surface area (Å²) in [6.07, 6.45) is 1.45. The van der Waals surface area contributed by atoms with Gasteiger partial charge in [-0.1, -0.05) is 11.6 Å². The number of amides is 2. The van der Waals surface area contributed by atoms with E-state index in [2.05, 4.69) is 4.98 Å². The molecule has 0 aromatic carbocycles. The number of carbonyl (C=O) groups is 2. The van der Waals surface area contributed by atoms with Crippen LogP contribution in [0.2, 0.25) is 5.15 Å². The summed E-state index contributed by atoms with van der Waals surface area (Å²) in [6.45, 7) is 3.65. The second-order valence-electron chi connectivity index (χ2n) is 5.35. The Morgan fingerprint density at radius 1 is 1.40 bits per heavy atom. The van der Waals surface area contributed by atoms with E-state index in [9.17, 15) is 9.59 Å².